The van der Waals surface area contributed by atoms with E-state index in [1.54, 1.807) is 0 Å². The van der Waals surface area contributed by atoms with Crippen LogP contribution in [-0.2, 0) is 9.53 Å². The highest BCUT2D eigenvalue weighted by molar-refractivity contribution is 14.0. The number of hydrogen-bond acceptors (Lipinski definition) is 3. The highest BCUT2D eigenvalue weighted by Crippen LogP contribution is 1.97. The zero-order valence-electron chi connectivity index (χ0n) is 11.8. The number of guanidine groups is 1. The van der Waals surface area contributed by atoms with Crippen molar-refractivity contribution in [2.75, 3.05) is 20.2 Å². The van der Waals surface area contributed by atoms with E-state index in [4.69, 9.17) is 0 Å². The first-order valence-corrected chi connectivity index (χ1v) is 6.21. The first kappa shape index (κ1) is 19.8. The Bertz CT molecular complexity index is 245. The third-order valence-electron chi connectivity index (χ3n) is 2.06. The van der Waals surface area contributed by atoms with Crippen LogP contribution in [0.2, 0.25) is 0 Å². The van der Waals surface area contributed by atoms with E-state index in [1.807, 2.05) is 6.92 Å². The van der Waals surface area contributed by atoms with Gasteiger partial charge in [-0.05, 0) is 33.6 Å². The lowest BCUT2D eigenvalue weighted by atomic mass is 10.2. The van der Waals surface area contributed by atoms with Gasteiger partial charge < -0.3 is 15.4 Å². The van der Waals surface area contributed by atoms with Gasteiger partial charge in [0.25, 0.3) is 0 Å². The van der Waals surface area contributed by atoms with Crippen molar-refractivity contribution in [3.63, 3.8) is 0 Å². The van der Waals surface area contributed by atoms with Crippen molar-refractivity contribution in [3.05, 3.63) is 0 Å². The second-order valence-corrected chi connectivity index (χ2v) is 4.09. The summed E-state index contributed by atoms with van der Waals surface area (Å²) in [5.41, 5.74) is 0. The number of halogens is 1. The molecular weight excluding hydrogens is 345 g/mol. The largest absolute Gasteiger partial charge is 0.469 e. The molecule has 0 saturated heterocycles. The number of nitrogens with zero attached hydrogens (tertiary/aromatic N) is 1. The quantitative estimate of drug-likeness (QED) is 0.236. The number of esters is 1. The molecule has 0 spiro atoms. The Kier molecular flexibility index (Phi) is 14.2. The molecule has 0 aliphatic rings. The fourth-order valence-corrected chi connectivity index (χ4v) is 1.27. The Morgan fingerprint density at radius 3 is 2.50 bits per heavy atom. The lowest BCUT2D eigenvalue weighted by Crippen LogP contribution is -2.41. The van der Waals surface area contributed by atoms with Gasteiger partial charge in [-0.1, -0.05) is 0 Å². The lowest BCUT2D eigenvalue weighted by Gasteiger charge is -2.13. The minimum Gasteiger partial charge on any atom is -0.469 e. The molecule has 0 amide bonds. The summed E-state index contributed by atoms with van der Waals surface area (Å²) < 4.78 is 4.57. The standard InChI is InChI=1S/C12H25N3O2.HI/c1-5-13-12(15-10(2)3)14-9-7-6-8-11(16)17-4;/h10H,5-9H2,1-4H3,(H2,13,14,15);1H. The molecule has 5 nitrogen and oxygen atoms in total. The van der Waals surface area contributed by atoms with E-state index in [9.17, 15) is 4.79 Å². The minimum absolute atomic E-state index is 0. The molecule has 0 rings (SSSR count). The predicted octanol–water partition coefficient (Wildman–Crippen LogP) is 1.91. The molecule has 0 aliphatic heterocycles. The van der Waals surface area contributed by atoms with E-state index in [0.717, 1.165) is 31.9 Å². The monoisotopic (exact) mass is 371 g/mol. The summed E-state index contributed by atoms with van der Waals surface area (Å²) in [4.78, 5) is 15.3. The maximum Gasteiger partial charge on any atom is 0.305 e. The summed E-state index contributed by atoms with van der Waals surface area (Å²) in [6.07, 6.45) is 2.18. The van der Waals surface area contributed by atoms with Crippen molar-refractivity contribution in [2.24, 2.45) is 4.99 Å². The van der Waals surface area contributed by atoms with Crippen molar-refractivity contribution in [2.45, 2.75) is 46.1 Å². The Morgan fingerprint density at radius 2 is 2.00 bits per heavy atom. The maximum absolute atomic E-state index is 10.9. The fraction of sp³-hybridized carbons (Fsp3) is 0.833. The number of carbonyl (C=O) groups excluding carboxylic acids is 1. The summed E-state index contributed by atoms with van der Waals surface area (Å²) in [5, 5.41) is 6.41. The Hall–Kier alpha value is -0.530. The van der Waals surface area contributed by atoms with E-state index >= 15 is 0 Å². The van der Waals surface area contributed by atoms with Crippen LogP contribution in [-0.4, -0.2) is 38.2 Å². The topological polar surface area (TPSA) is 62.7 Å². The van der Waals surface area contributed by atoms with Gasteiger partial charge in [-0.3, -0.25) is 9.79 Å². The highest BCUT2D eigenvalue weighted by atomic mass is 127. The smallest absolute Gasteiger partial charge is 0.305 e. The number of unbranched alkanes of at least 4 members (excludes halogenated alkanes) is 1. The van der Waals surface area contributed by atoms with Crippen LogP contribution in [0.15, 0.2) is 4.99 Å². The van der Waals surface area contributed by atoms with Gasteiger partial charge in [0.15, 0.2) is 5.96 Å². The van der Waals surface area contributed by atoms with Gasteiger partial charge in [-0.25, -0.2) is 0 Å². The minimum atomic E-state index is -0.152. The summed E-state index contributed by atoms with van der Waals surface area (Å²) >= 11 is 0. The Labute approximate surface area is 127 Å². The summed E-state index contributed by atoms with van der Waals surface area (Å²) in [6, 6.07) is 0.364. The molecule has 0 aliphatic carbocycles. The van der Waals surface area contributed by atoms with E-state index in [2.05, 4.69) is 34.2 Å². The molecule has 0 aromatic heterocycles. The van der Waals surface area contributed by atoms with Crippen molar-refractivity contribution < 1.29 is 9.53 Å². The van der Waals surface area contributed by atoms with Crippen LogP contribution in [0.1, 0.15) is 40.0 Å². The third-order valence-corrected chi connectivity index (χ3v) is 2.06. The van der Waals surface area contributed by atoms with Gasteiger partial charge in [0.2, 0.25) is 0 Å². The molecule has 0 bridgehead atoms. The van der Waals surface area contributed by atoms with Crippen LogP contribution in [0.25, 0.3) is 0 Å². The van der Waals surface area contributed by atoms with Crippen LogP contribution in [0, 0.1) is 0 Å². The maximum atomic E-state index is 10.9. The Balaban J connectivity index is 0. The first-order valence-electron chi connectivity index (χ1n) is 6.21. The summed E-state index contributed by atoms with van der Waals surface area (Å²) in [5.74, 6) is 0.682. The molecule has 0 radical (unpaired) electrons. The van der Waals surface area contributed by atoms with Crippen molar-refractivity contribution in [1.29, 1.82) is 0 Å². The van der Waals surface area contributed by atoms with Crippen LogP contribution in [0.4, 0.5) is 0 Å². The van der Waals surface area contributed by atoms with Gasteiger partial charge in [-0.15, -0.1) is 24.0 Å². The zero-order chi connectivity index (χ0) is 13.1. The van der Waals surface area contributed by atoms with Crippen molar-refractivity contribution in [3.8, 4) is 0 Å². The van der Waals surface area contributed by atoms with Crippen molar-refractivity contribution >= 4 is 35.9 Å². The number of aliphatic imine (C=N–C) groups is 1. The number of rotatable bonds is 7. The molecule has 2 N–H and O–H groups in total. The van der Waals surface area contributed by atoms with Crippen LogP contribution >= 0.6 is 24.0 Å². The van der Waals surface area contributed by atoms with E-state index in [1.165, 1.54) is 7.11 Å². The average Bonchev–Trinajstić information content (AvgIpc) is 2.27. The van der Waals surface area contributed by atoms with Gasteiger partial charge in [0.05, 0.1) is 7.11 Å². The highest BCUT2D eigenvalue weighted by Gasteiger charge is 2.00. The van der Waals surface area contributed by atoms with Gasteiger partial charge in [-0.2, -0.15) is 0 Å². The molecule has 0 saturated carbocycles. The van der Waals surface area contributed by atoms with E-state index in [0.29, 0.717) is 12.5 Å². The fourth-order valence-electron chi connectivity index (χ4n) is 1.27. The average molecular weight is 371 g/mol. The van der Waals surface area contributed by atoms with E-state index < -0.39 is 0 Å². The molecular formula is C12H26IN3O2. The number of hydrogen-bond donors (Lipinski definition) is 2. The van der Waals surface area contributed by atoms with E-state index in [-0.39, 0.29) is 29.9 Å². The second-order valence-electron chi connectivity index (χ2n) is 4.09. The second kappa shape index (κ2) is 12.9. The molecule has 0 fully saturated rings. The SMILES string of the molecule is CCNC(=NCCCCC(=O)OC)NC(C)C.I. The van der Waals surface area contributed by atoms with Crippen LogP contribution in [0.5, 0.6) is 0 Å². The third kappa shape index (κ3) is 11.9. The number of ether oxygens (including phenoxy) is 1. The normalized spacial score (nSPS) is 10.8. The molecule has 0 atom stereocenters. The number of carbonyl (C=O) groups is 1. The van der Waals surface area contributed by atoms with Crippen LogP contribution < -0.4 is 10.6 Å². The molecule has 18 heavy (non-hydrogen) atoms. The Morgan fingerprint density at radius 1 is 1.33 bits per heavy atom. The summed E-state index contributed by atoms with van der Waals surface area (Å²) in [7, 11) is 1.41. The molecule has 0 aromatic carbocycles. The van der Waals surface area contributed by atoms with Crippen molar-refractivity contribution in [1.82, 2.24) is 10.6 Å². The van der Waals surface area contributed by atoms with Gasteiger partial charge in [0.1, 0.15) is 0 Å². The molecule has 108 valence electrons. The molecule has 6 heteroatoms. The van der Waals surface area contributed by atoms with Gasteiger partial charge >= 0.3 is 5.97 Å². The van der Waals surface area contributed by atoms with Gasteiger partial charge in [0, 0.05) is 25.6 Å². The van der Waals surface area contributed by atoms with Crippen LogP contribution in [0.3, 0.4) is 0 Å². The molecule has 0 aromatic rings. The molecule has 0 unspecified atom stereocenters. The first-order chi connectivity index (χ1) is 8.10. The predicted molar refractivity (Wildman–Crippen MR) is 85.5 cm³/mol. The number of methoxy groups -OCH3 is 1. The number of nitrogens with one attached hydrogen (secondary N) is 2. The zero-order valence-corrected chi connectivity index (χ0v) is 14.1. The lowest BCUT2D eigenvalue weighted by molar-refractivity contribution is -0.140. The summed E-state index contributed by atoms with van der Waals surface area (Å²) in [6.45, 7) is 7.75. The molecule has 0 heterocycles.